The van der Waals surface area contributed by atoms with Gasteiger partial charge >= 0.3 is 0 Å². The van der Waals surface area contributed by atoms with E-state index in [1.165, 1.54) is 16.2 Å². The summed E-state index contributed by atoms with van der Waals surface area (Å²) in [5, 5.41) is 3.22. The number of carbonyl (C=O) groups is 2. The number of rotatable bonds is 3. The zero-order valence-corrected chi connectivity index (χ0v) is 15.5. The Morgan fingerprint density at radius 3 is 2.64 bits per heavy atom. The second-order valence-corrected chi connectivity index (χ2v) is 7.45. The SMILES string of the molecule is C=C1c2ccccc2C(=O)N1CC(=O)Nc1nc2cc3c(cc2s1)OCCO3. The van der Waals surface area contributed by atoms with Crippen molar-refractivity contribution in [2.45, 2.75) is 0 Å². The summed E-state index contributed by atoms with van der Waals surface area (Å²) in [6, 6.07) is 10.9. The van der Waals surface area contributed by atoms with Crippen LogP contribution in [-0.4, -0.2) is 41.5 Å². The number of hydrogen-bond acceptors (Lipinski definition) is 6. The topological polar surface area (TPSA) is 80.8 Å². The maximum atomic E-state index is 12.5. The number of anilines is 1. The Morgan fingerprint density at radius 1 is 1.18 bits per heavy atom. The van der Waals surface area contributed by atoms with Gasteiger partial charge < -0.3 is 14.8 Å². The molecule has 3 heterocycles. The molecule has 0 spiro atoms. The van der Waals surface area contributed by atoms with Gasteiger partial charge in [-0.25, -0.2) is 4.98 Å². The van der Waals surface area contributed by atoms with Gasteiger partial charge in [0, 0.05) is 29.0 Å². The molecule has 0 fully saturated rings. The highest BCUT2D eigenvalue weighted by molar-refractivity contribution is 7.22. The molecule has 2 aliphatic rings. The number of nitrogens with zero attached hydrogens (tertiary/aromatic N) is 2. The second kappa shape index (κ2) is 6.35. The van der Waals surface area contributed by atoms with Gasteiger partial charge in [0.05, 0.1) is 10.2 Å². The average Bonchev–Trinajstić information content (AvgIpc) is 3.19. The van der Waals surface area contributed by atoms with Crippen LogP contribution in [0.4, 0.5) is 5.13 Å². The van der Waals surface area contributed by atoms with Gasteiger partial charge in [-0.05, 0) is 6.07 Å². The lowest BCUT2D eigenvalue weighted by molar-refractivity contribution is -0.116. The minimum atomic E-state index is -0.335. The van der Waals surface area contributed by atoms with Gasteiger partial charge in [0.25, 0.3) is 5.91 Å². The zero-order valence-electron chi connectivity index (χ0n) is 14.7. The van der Waals surface area contributed by atoms with E-state index < -0.39 is 0 Å². The van der Waals surface area contributed by atoms with E-state index in [9.17, 15) is 9.59 Å². The molecule has 0 atom stereocenters. The summed E-state index contributed by atoms with van der Waals surface area (Å²) in [4.78, 5) is 30.9. The van der Waals surface area contributed by atoms with Crippen LogP contribution in [0.5, 0.6) is 11.5 Å². The summed E-state index contributed by atoms with van der Waals surface area (Å²) < 4.78 is 12.0. The molecule has 140 valence electrons. The van der Waals surface area contributed by atoms with Crippen LogP contribution in [0.1, 0.15) is 15.9 Å². The van der Waals surface area contributed by atoms with Crippen LogP contribution in [0.3, 0.4) is 0 Å². The van der Waals surface area contributed by atoms with Crippen molar-refractivity contribution >= 4 is 44.2 Å². The Morgan fingerprint density at radius 2 is 1.89 bits per heavy atom. The third-order valence-electron chi connectivity index (χ3n) is 4.64. The van der Waals surface area contributed by atoms with Crippen molar-refractivity contribution in [2.24, 2.45) is 0 Å². The minimum Gasteiger partial charge on any atom is -0.486 e. The molecule has 0 unspecified atom stereocenters. The third-order valence-corrected chi connectivity index (χ3v) is 5.57. The number of ether oxygens (including phenoxy) is 2. The number of fused-ring (bicyclic) bond motifs is 3. The van der Waals surface area contributed by atoms with Gasteiger partial charge in [0.1, 0.15) is 19.8 Å². The summed E-state index contributed by atoms with van der Waals surface area (Å²) in [7, 11) is 0. The Balaban J connectivity index is 1.33. The number of benzene rings is 2. The van der Waals surface area contributed by atoms with Crippen molar-refractivity contribution in [1.29, 1.82) is 0 Å². The van der Waals surface area contributed by atoms with Crippen LogP contribution in [0.15, 0.2) is 43.0 Å². The first kappa shape index (κ1) is 16.8. The van der Waals surface area contributed by atoms with Crippen molar-refractivity contribution in [3.63, 3.8) is 0 Å². The van der Waals surface area contributed by atoms with Crippen molar-refractivity contribution < 1.29 is 19.1 Å². The summed E-state index contributed by atoms with van der Waals surface area (Å²) >= 11 is 1.34. The summed E-state index contributed by atoms with van der Waals surface area (Å²) in [5.41, 5.74) is 2.57. The zero-order chi connectivity index (χ0) is 19.3. The van der Waals surface area contributed by atoms with E-state index in [-0.39, 0.29) is 18.4 Å². The smallest absolute Gasteiger partial charge is 0.259 e. The summed E-state index contributed by atoms with van der Waals surface area (Å²) in [6.07, 6.45) is 0. The minimum absolute atomic E-state index is 0.120. The number of carbonyl (C=O) groups excluding carboxylic acids is 2. The number of aromatic nitrogens is 1. The van der Waals surface area contributed by atoms with Gasteiger partial charge in [0.2, 0.25) is 5.91 Å². The summed E-state index contributed by atoms with van der Waals surface area (Å²) in [5.74, 6) is 0.774. The highest BCUT2D eigenvalue weighted by atomic mass is 32.1. The van der Waals surface area contributed by atoms with Gasteiger partial charge in [-0.1, -0.05) is 36.1 Å². The number of amides is 2. The highest BCUT2D eigenvalue weighted by Crippen LogP contribution is 2.38. The van der Waals surface area contributed by atoms with Crippen LogP contribution >= 0.6 is 11.3 Å². The number of nitrogens with one attached hydrogen (secondary N) is 1. The largest absolute Gasteiger partial charge is 0.486 e. The standard InChI is InChI=1S/C20H15N3O4S/c1-11-12-4-2-3-5-13(12)19(25)23(11)10-18(24)22-20-21-14-8-15-16(9-17(14)28-20)27-7-6-26-15/h2-5,8-9H,1,6-7,10H2,(H,21,22,24). The molecule has 2 amide bonds. The van der Waals surface area contributed by atoms with Crippen molar-refractivity contribution in [1.82, 2.24) is 9.88 Å². The van der Waals surface area contributed by atoms with Crippen molar-refractivity contribution in [2.75, 3.05) is 25.1 Å². The molecular formula is C20H15N3O4S. The predicted octanol–water partition coefficient (Wildman–Crippen LogP) is 3.13. The van der Waals surface area contributed by atoms with E-state index in [0.717, 1.165) is 15.8 Å². The first-order valence-corrected chi connectivity index (χ1v) is 9.52. The van der Waals surface area contributed by atoms with Crippen molar-refractivity contribution in [3.05, 3.63) is 54.1 Å². The van der Waals surface area contributed by atoms with Crippen LogP contribution < -0.4 is 14.8 Å². The fraction of sp³-hybridized carbons (Fsp3) is 0.150. The summed E-state index contributed by atoms with van der Waals surface area (Å²) in [6.45, 7) is 4.84. The second-order valence-electron chi connectivity index (χ2n) is 6.41. The van der Waals surface area contributed by atoms with E-state index in [2.05, 4.69) is 16.9 Å². The normalized spacial score (nSPS) is 15.1. The first-order valence-electron chi connectivity index (χ1n) is 8.70. The van der Waals surface area contributed by atoms with Gasteiger partial charge in [-0.15, -0.1) is 0 Å². The predicted molar refractivity (Wildman–Crippen MR) is 106 cm³/mol. The van der Waals surface area contributed by atoms with E-state index in [1.54, 1.807) is 18.2 Å². The highest BCUT2D eigenvalue weighted by Gasteiger charge is 2.32. The molecule has 2 aliphatic heterocycles. The molecular weight excluding hydrogens is 378 g/mol. The fourth-order valence-electron chi connectivity index (χ4n) is 3.32. The Bertz CT molecular complexity index is 1080. The molecule has 0 saturated heterocycles. The third kappa shape index (κ3) is 2.69. The van der Waals surface area contributed by atoms with E-state index in [1.807, 2.05) is 18.2 Å². The van der Waals surface area contributed by atoms with Crippen LogP contribution in [0.25, 0.3) is 15.9 Å². The van der Waals surface area contributed by atoms with E-state index >= 15 is 0 Å². The molecule has 0 saturated carbocycles. The Kier molecular flexibility index (Phi) is 3.80. The molecule has 5 rings (SSSR count). The first-order chi connectivity index (χ1) is 13.6. The molecule has 1 N–H and O–H groups in total. The average molecular weight is 393 g/mol. The lowest BCUT2D eigenvalue weighted by atomic mass is 10.1. The van der Waals surface area contributed by atoms with Crippen LogP contribution in [0.2, 0.25) is 0 Å². The molecule has 2 aromatic carbocycles. The molecule has 3 aromatic rings. The maximum Gasteiger partial charge on any atom is 0.259 e. The van der Waals surface area contributed by atoms with Gasteiger partial charge in [-0.2, -0.15) is 0 Å². The number of thiazole rings is 1. The van der Waals surface area contributed by atoms with Crippen molar-refractivity contribution in [3.8, 4) is 11.5 Å². The van der Waals surface area contributed by atoms with Gasteiger partial charge in [-0.3, -0.25) is 14.5 Å². The maximum absolute atomic E-state index is 12.5. The molecule has 0 aliphatic carbocycles. The quantitative estimate of drug-likeness (QED) is 0.739. The number of hydrogen-bond donors (Lipinski definition) is 1. The Hall–Kier alpha value is -3.39. The monoisotopic (exact) mass is 393 g/mol. The van der Waals surface area contributed by atoms with Crippen LogP contribution in [-0.2, 0) is 4.79 Å². The van der Waals surface area contributed by atoms with Gasteiger partial charge in [0.15, 0.2) is 16.6 Å². The molecule has 0 bridgehead atoms. The Labute approximate surface area is 164 Å². The molecule has 0 radical (unpaired) electrons. The molecule has 28 heavy (non-hydrogen) atoms. The fourth-order valence-corrected chi connectivity index (χ4v) is 4.21. The van der Waals surface area contributed by atoms with Crippen LogP contribution in [0, 0.1) is 0 Å². The molecule has 8 heteroatoms. The van der Waals surface area contributed by atoms with E-state index in [0.29, 0.717) is 41.1 Å². The lowest BCUT2D eigenvalue weighted by Crippen LogP contribution is -2.32. The lowest BCUT2D eigenvalue weighted by Gasteiger charge is -2.17. The van der Waals surface area contributed by atoms with E-state index in [4.69, 9.17) is 9.47 Å². The molecule has 1 aromatic heterocycles. The molecule has 7 nitrogen and oxygen atoms in total.